The summed E-state index contributed by atoms with van der Waals surface area (Å²) in [5, 5.41) is 4.87. The van der Waals surface area contributed by atoms with E-state index in [9.17, 15) is 4.79 Å². The van der Waals surface area contributed by atoms with E-state index in [1.165, 1.54) is 0 Å². The summed E-state index contributed by atoms with van der Waals surface area (Å²) in [7, 11) is 1.62. The number of anilines is 1. The van der Waals surface area contributed by atoms with E-state index in [1.807, 2.05) is 30.3 Å². The van der Waals surface area contributed by atoms with E-state index in [4.69, 9.17) is 4.74 Å². The van der Waals surface area contributed by atoms with Gasteiger partial charge in [0.2, 0.25) is 0 Å². The monoisotopic (exact) mass is 369 g/mol. The Hall–Kier alpha value is -2.11. The summed E-state index contributed by atoms with van der Waals surface area (Å²) in [6.07, 6.45) is 0. The smallest absolute Gasteiger partial charge is 0.198 e. The van der Waals surface area contributed by atoms with Crippen LogP contribution in [0.5, 0.6) is 5.75 Å². The van der Waals surface area contributed by atoms with Gasteiger partial charge in [-0.3, -0.25) is 4.79 Å². The molecule has 0 amide bonds. The highest BCUT2D eigenvalue weighted by atomic mass is 32.1. The fraction of sp³-hybridized carbons (Fsp3) is 0.333. The minimum Gasteiger partial charge on any atom is -0.497 e. The molecule has 0 unspecified atom stereocenters. The number of benzene rings is 2. The topological polar surface area (TPSA) is 41.6 Å². The number of methoxy groups -OCH3 is 1. The molecule has 3 rings (SSSR count). The molecule has 5 heteroatoms. The molecule has 1 N–H and O–H groups in total. The third-order valence-corrected chi connectivity index (χ3v) is 5.99. The Bertz CT molecular complexity index is 977. The maximum Gasteiger partial charge on any atom is 0.198 e. The maximum absolute atomic E-state index is 13.2. The molecular weight excluding hydrogens is 344 g/mol. The Kier molecular flexibility index (Phi) is 5.79. The normalized spacial score (nSPS) is 11.4. The van der Waals surface area contributed by atoms with E-state index < -0.39 is 0 Å². The molecule has 1 aromatic heterocycles. The van der Waals surface area contributed by atoms with Gasteiger partial charge >= 0.3 is 0 Å². The molecule has 2 aromatic carbocycles. The quantitative estimate of drug-likeness (QED) is 0.628. The van der Waals surface area contributed by atoms with Crippen LogP contribution in [0, 0.1) is 6.92 Å². The van der Waals surface area contributed by atoms with Gasteiger partial charge in [-0.1, -0.05) is 19.9 Å². The SMILES string of the molecule is [CH2]c1ccc(NCCN(CC)CC)c2c(=O)c3cc(OC)ccc3sc12. The minimum atomic E-state index is 0.0310. The standard InChI is InChI=1S/C21H25N2O2S/c1-5-23(6-2)12-11-22-17-9-7-14(3)21-19(17)20(24)16-13-15(25-4)8-10-18(16)26-21/h7-10,13,22H,3,5-6,11-12H2,1-2,4H3. The lowest BCUT2D eigenvalue weighted by Crippen LogP contribution is -2.28. The van der Waals surface area contributed by atoms with Crippen LogP contribution in [-0.4, -0.2) is 38.2 Å². The second-order valence-corrected chi connectivity index (χ2v) is 7.28. The highest BCUT2D eigenvalue weighted by Crippen LogP contribution is 2.32. The molecule has 0 spiro atoms. The summed E-state index contributed by atoms with van der Waals surface area (Å²) in [6, 6.07) is 9.60. The van der Waals surface area contributed by atoms with E-state index in [1.54, 1.807) is 18.4 Å². The van der Waals surface area contributed by atoms with Crippen LogP contribution in [0.2, 0.25) is 0 Å². The van der Waals surface area contributed by atoms with Crippen molar-refractivity contribution >= 4 is 37.2 Å². The summed E-state index contributed by atoms with van der Waals surface area (Å²) >= 11 is 1.61. The molecule has 0 saturated carbocycles. The molecule has 1 radical (unpaired) electrons. The lowest BCUT2D eigenvalue weighted by atomic mass is 10.1. The molecule has 1 heterocycles. The van der Waals surface area contributed by atoms with Crippen molar-refractivity contribution in [2.24, 2.45) is 0 Å². The van der Waals surface area contributed by atoms with E-state index in [0.717, 1.165) is 52.2 Å². The Labute approximate surface area is 158 Å². The first-order chi connectivity index (χ1) is 12.6. The van der Waals surface area contributed by atoms with Gasteiger partial charge in [-0.05, 0) is 49.8 Å². The van der Waals surface area contributed by atoms with Crippen LogP contribution in [-0.2, 0) is 0 Å². The van der Waals surface area contributed by atoms with Crippen molar-refractivity contribution in [3.05, 3.63) is 53.0 Å². The van der Waals surface area contributed by atoms with E-state index in [0.29, 0.717) is 11.1 Å². The molecule has 3 aromatic rings. The Morgan fingerprint density at radius 3 is 2.65 bits per heavy atom. The van der Waals surface area contributed by atoms with Crippen LogP contribution in [0.3, 0.4) is 0 Å². The van der Waals surface area contributed by atoms with E-state index >= 15 is 0 Å². The number of ether oxygens (including phenoxy) is 1. The molecule has 0 saturated heterocycles. The third kappa shape index (κ3) is 3.55. The molecule has 0 aliphatic heterocycles. The zero-order valence-electron chi connectivity index (χ0n) is 15.6. The highest BCUT2D eigenvalue weighted by molar-refractivity contribution is 7.24. The van der Waals surface area contributed by atoms with Crippen molar-refractivity contribution in [2.75, 3.05) is 38.6 Å². The summed E-state index contributed by atoms with van der Waals surface area (Å²) in [6.45, 7) is 12.2. The van der Waals surface area contributed by atoms with Crippen LogP contribution >= 0.6 is 11.3 Å². The number of nitrogens with one attached hydrogen (secondary N) is 1. The third-order valence-electron chi connectivity index (χ3n) is 4.75. The average Bonchev–Trinajstić information content (AvgIpc) is 2.67. The first-order valence-corrected chi connectivity index (χ1v) is 9.76. The Morgan fingerprint density at radius 1 is 1.19 bits per heavy atom. The van der Waals surface area contributed by atoms with Crippen LogP contribution in [0.15, 0.2) is 35.1 Å². The predicted molar refractivity (Wildman–Crippen MR) is 113 cm³/mol. The van der Waals surface area contributed by atoms with Crippen molar-refractivity contribution in [1.82, 2.24) is 4.90 Å². The molecule has 0 fully saturated rings. The van der Waals surface area contributed by atoms with Gasteiger partial charge in [0.05, 0.1) is 12.5 Å². The minimum absolute atomic E-state index is 0.0310. The van der Waals surface area contributed by atoms with Gasteiger partial charge in [-0.2, -0.15) is 0 Å². The van der Waals surface area contributed by atoms with Gasteiger partial charge in [-0.25, -0.2) is 0 Å². The summed E-state index contributed by atoms with van der Waals surface area (Å²) in [5.41, 5.74) is 1.79. The number of hydrogen-bond donors (Lipinski definition) is 1. The van der Waals surface area contributed by atoms with Crippen molar-refractivity contribution in [3.8, 4) is 5.75 Å². The molecule has 0 atom stereocenters. The van der Waals surface area contributed by atoms with Crippen molar-refractivity contribution in [3.63, 3.8) is 0 Å². The van der Waals surface area contributed by atoms with Crippen molar-refractivity contribution in [2.45, 2.75) is 13.8 Å². The molecular formula is C21H25N2O2S. The van der Waals surface area contributed by atoms with Gasteiger partial charge in [0.15, 0.2) is 5.43 Å². The summed E-state index contributed by atoms with van der Waals surface area (Å²) in [4.78, 5) is 15.6. The van der Waals surface area contributed by atoms with Gasteiger partial charge in [0, 0.05) is 33.6 Å². The molecule has 0 bridgehead atoms. The fourth-order valence-electron chi connectivity index (χ4n) is 3.15. The van der Waals surface area contributed by atoms with Crippen LogP contribution in [0.1, 0.15) is 19.4 Å². The van der Waals surface area contributed by atoms with Crippen LogP contribution in [0.4, 0.5) is 5.69 Å². The lowest BCUT2D eigenvalue weighted by Gasteiger charge is -2.19. The number of likely N-dealkylation sites (N-methyl/N-ethyl adjacent to an activating group) is 1. The molecule has 0 aliphatic carbocycles. The first-order valence-electron chi connectivity index (χ1n) is 8.94. The zero-order chi connectivity index (χ0) is 18.7. The Morgan fingerprint density at radius 2 is 1.96 bits per heavy atom. The summed E-state index contributed by atoms with van der Waals surface area (Å²) in [5.74, 6) is 0.697. The van der Waals surface area contributed by atoms with Gasteiger partial charge < -0.3 is 15.0 Å². The number of rotatable bonds is 7. The highest BCUT2D eigenvalue weighted by Gasteiger charge is 2.13. The van der Waals surface area contributed by atoms with Gasteiger partial charge in [-0.15, -0.1) is 11.3 Å². The number of fused-ring (bicyclic) bond motifs is 2. The van der Waals surface area contributed by atoms with Gasteiger partial charge in [0.25, 0.3) is 0 Å². The number of hydrogen-bond acceptors (Lipinski definition) is 5. The second-order valence-electron chi connectivity index (χ2n) is 6.22. The van der Waals surface area contributed by atoms with Crippen LogP contribution in [0.25, 0.3) is 20.2 Å². The van der Waals surface area contributed by atoms with E-state index in [-0.39, 0.29) is 5.43 Å². The molecule has 0 aliphatic rings. The largest absolute Gasteiger partial charge is 0.497 e. The maximum atomic E-state index is 13.2. The average molecular weight is 370 g/mol. The number of nitrogens with zero attached hydrogens (tertiary/aromatic N) is 1. The Balaban J connectivity index is 2.08. The second kappa shape index (κ2) is 8.06. The first kappa shape index (κ1) is 18.7. The fourth-order valence-corrected chi connectivity index (χ4v) is 4.27. The molecule has 137 valence electrons. The molecule has 4 nitrogen and oxygen atoms in total. The van der Waals surface area contributed by atoms with Gasteiger partial charge in [0.1, 0.15) is 5.75 Å². The summed E-state index contributed by atoms with van der Waals surface area (Å²) < 4.78 is 7.19. The molecule has 26 heavy (non-hydrogen) atoms. The van der Waals surface area contributed by atoms with Crippen molar-refractivity contribution < 1.29 is 4.74 Å². The predicted octanol–water partition coefficient (Wildman–Crippen LogP) is 4.36. The zero-order valence-corrected chi connectivity index (χ0v) is 16.4. The van der Waals surface area contributed by atoms with Crippen molar-refractivity contribution in [1.29, 1.82) is 0 Å². The van der Waals surface area contributed by atoms with E-state index in [2.05, 4.69) is 31.0 Å². The lowest BCUT2D eigenvalue weighted by molar-refractivity contribution is 0.316. The van der Waals surface area contributed by atoms with Crippen LogP contribution < -0.4 is 15.5 Å².